The Morgan fingerprint density at radius 2 is 1.48 bits per heavy atom. The molecule has 2 aromatic carbocycles. The lowest BCUT2D eigenvalue weighted by atomic mass is 9.94. The van der Waals surface area contributed by atoms with E-state index < -0.39 is 0 Å². The minimum absolute atomic E-state index is 0.0815. The van der Waals surface area contributed by atoms with Crippen LogP contribution < -0.4 is 0 Å². The maximum absolute atomic E-state index is 12.6. The van der Waals surface area contributed by atoms with Gasteiger partial charge < -0.3 is 4.74 Å². The van der Waals surface area contributed by atoms with E-state index in [0.717, 1.165) is 5.56 Å². The zero-order valence-electron chi connectivity index (χ0n) is 11.4. The summed E-state index contributed by atoms with van der Waals surface area (Å²) in [5, 5.41) is 0. The fraction of sp³-hybridized carbons (Fsp3) is 0.111. The van der Waals surface area contributed by atoms with Crippen LogP contribution in [-0.4, -0.2) is 11.8 Å². The van der Waals surface area contributed by atoms with Crippen molar-refractivity contribution in [1.82, 2.24) is 0 Å². The van der Waals surface area contributed by atoms with Crippen LogP contribution in [0.2, 0.25) is 0 Å². The van der Waals surface area contributed by atoms with E-state index in [2.05, 4.69) is 0 Å². The smallest absolute Gasteiger partial charge is 0.311 e. The van der Waals surface area contributed by atoms with Crippen molar-refractivity contribution >= 4 is 17.5 Å². The molecule has 0 saturated carbocycles. The molecule has 0 aliphatic carbocycles. The quantitative estimate of drug-likeness (QED) is 0.636. The van der Waals surface area contributed by atoms with Gasteiger partial charge in [0.1, 0.15) is 5.76 Å². The molecule has 0 radical (unpaired) electrons. The average molecular weight is 278 g/mol. The van der Waals surface area contributed by atoms with Gasteiger partial charge in [0, 0.05) is 16.7 Å². The third-order valence-corrected chi connectivity index (χ3v) is 3.42. The Hall–Kier alpha value is -2.68. The lowest BCUT2D eigenvalue weighted by Crippen LogP contribution is -2.17. The van der Waals surface area contributed by atoms with E-state index in [1.807, 2.05) is 48.5 Å². The highest BCUT2D eigenvalue weighted by molar-refractivity contribution is 6.13. The van der Waals surface area contributed by atoms with E-state index in [4.69, 9.17) is 4.74 Å². The molecule has 0 unspecified atom stereocenters. The Bertz CT molecular complexity index is 700. The van der Waals surface area contributed by atoms with Crippen molar-refractivity contribution in [3.05, 3.63) is 77.4 Å². The number of allylic oxidation sites excluding steroid dienone is 1. The monoisotopic (exact) mass is 278 g/mol. The lowest BCUT2D eigenvalue weighted by Gasteiger charge is -2.19. The van der Waals surface area contributed by atoms with Crippen molar-refractivity contribution in [2.75, 3.05) is 0 Å². The normalized spacial score (nSPS) is 14.8. The van der Waals surface area contributed by atoms with Crippen LogP contribution in [0.1, 0.15) is 28.8 Å². The summed E-state index contributed by atoms with van der Waals surface area (Å²) in [6, 6.07) is 18.3. The van der Waals surface area contributed by atoms with Crippen LogP contribution in [-0.2, 0) is 9.53 Å². The van der Waals surface area contributed by atoms with E-state index in [9.17, 15) is 9.59 Å². The van der Waals surface area contributed by atoms with Crippen LogP contribution >= 0.6 is 0 Å². The molecule has 0 fully saturated rings. The number of cyclic esters (lactones) is 1. The molecule has 0 spiro atoms. The highest BCUT2D eigenvalue weighted by Crippen LogP contribution is 2.30. The first-order valence-corrected chi connectivity index (χ1v) is 6.84. The number of ketones is 1. The summed E-state index contributed by atoms with van der Waals surface area (Å²) in [6.45, 7) is 0. The van der Waals surface area contributed by atoms with Gasteiger partial charge in [0.05, 0.1) is 6.42 Å². The molecule has 0 N–H and O–H groups in total. The molecular weight excluding hydrogens is 264 g/mol. The topological polar surface area (TPSA) is 43.4 Å². The molecule has 1 aliphatic heterocycles. The van der Waals surface area contributed by atoms with Crippen molar-refractivity contribution in [3.8, 4) is 0 Å². The third kappa shape index (κ3) is 2.77. The van der Waals surface area contributed by atoms with Crippen LogP contribution in [0.15, 0.2) is 66.2 Å². The average Bonchev–Trinajstić information content (AvgIpc) is 2.56. The molecule has 3 rings (SSSR count). The minimum atomic E-state index is -0.293. The molecular formula is C18H14O3. The number of benzene rings is 2. The zero-order chi connectivity index (χ0) is 14.7. The van der Waals surface area contributed by atoms with Gasteiger partial charge in [-0.15, -0.1) is 0 Å². The number of ether oxygens (including phenoxy) is 1. The highest BCUT2D eigenvalue weighted by Gasteiger charge is 2.26. The molecule has 0 bridgehead atoms. The molecule has 0 saturated heterocycles. The predicted molar refractivity (Wildman–Crippen MR) is 79.5 cm³/mol. The van der Waals surface area contributed by atoms with E-state index in [1.165, 1.54) is 0 Å². The van der Waals surface area contributed by atoms with Crippen LogP contribution in [0, 0.1) is 0 Å². The largest absolute Gasteiger partial charge is 0.425 e. The number of carbonyl (C=O) groups excluding carboxylic acids is 2. The van der Waals surface area contributed by atoms with E-state index in [0.29, 0.717) is 23.3 Å². The summed E-state index contributed by atoms with van der Waals surface area (Å²) in [7, 11) is 0. The van der Waals surface area contributed by atoms with Gasteiger partial charge >= 0.3 is 5.97 Å². The Kier molecular flexibility index (Phi) is 3.65. The van der Waals surface area contributed by atoms with E-state index in [-0.39, 0.29) is 18.2 Å². The molecule has 3 heteroatoms. The number of esters is 1. The predicted octanol–water partition coefficient (Wildman–Crippen LogP) is 3.62. The molecule has 0 atom stereocenters. The van der Waals surface area contributed by atoms with E-state index >= 15 is 0 Å². The van der Waals surface area contributed by atoms with Gasteiger partial charge in [-0.05, 0) is 6.42 Å². The Morgan fingerprint density at radius 1 is 0.857 bits per heavy atom. The summed E-state index contributed by atoms with van der Waals surface area (Å²) >= 11 is 0. The maximum atomic E-state index is 12.6. The van der Waals surface area contributed by atoms with Crippen molar-refractivity contribution < 1.29 is 14.3 Å². The molecule has 0 aromatic heterocycles. The van der Waals surface area contributed by atoms with Gasteiger partial charge in [-0.2, -0.15) is 0 Å². The second-order valence-corrected chi connectivity index (χ2v) is 4.84. The molecule has 1 aliphatic rings. The van der Waals surface area contributed by atoms with Gasteiger partial charge in [-0.25, -0.2) is 0 Å². The summed E-state index contributed by atoms with van der Waals surface area (Å²) in [5.41, 5.74) is 1.93. The molecule has 3 nitrogen and oxygen atoms in total. The fourth-order valence-electron chi connectivity index (χ4n) is 2.37. The number of carbonyl (C=O) groups is 2. The second-order valence-electron chi connectivity index (χ2n) is 4.84. The number of hydrogen-bond donors (Lipinski definition) is 0. The van der Waals surface area contributed by atoms with Crippen LogP contribution in [0.3, 0.4) is 0 Å². The minimum Gasteiger partial charge on any atom is -0.425 e. The summed E-state index contributed by atoms with van der Waals surface area (Å²) in [6.07, 6.45) is 0.654. The first-order chi connectivity index (χ1) is 10.3. The standard InChI is InChI=1S/C18H14O3/c19-16-12-11-15(17(20)13-7-3-1-4-8-13)18(21-16)14-9-5-2-6-10-14/h1-10H,11-12H2. The summed E-state index contributed by atoms with van der Waals surface area (Å²) in [4.78, 5) is 24.2. The van der Waals surface area contributed by atoms with Gasteiger partial charge in [0.15, 0.2) is 5.78 Å². The van der Waals surface area contributed by atoms with Crippen molar-refractivity contribution in [1.29, 1.82) is 0 Å². The van der Waals surface area contributed by atoms with Crippen LogP contribution in [0.4, 0.5) is 0 Å². The van der Waals surface area contributed by atoms with Crippen molar-refractivity contribution in [3.63, 3.8) is 0 Å². The third-order valence-electron chi connectivity index (χ3n) is 3.42. The molecule has 2 aromatic rings. The SMILES string of the molecule is O=C1CCC(C(=O)c2ccccc2)=C(c2ccccc2)O1. The Balaban J connectivity index is 2.07. The number of hydrogen-bond acceptors (Lipinski definition) is 3. The van der Waals surface area contributed by atoms with Gasteiger partial charge in [-0.3, -0.25) is 9.59 Å². The van der Waals surface area contributed by atoms with Gasteiger partial charge in [0.25, 0.3) is 0 Å². The first kappa shape index (κ1) is 13.3. The van der Waals surface area contributed by atoms with Crippen LogP contribution in [0.25, 0.3) is 5.76 Å². The van der Waals surface area contributed by atoms with E-state index in [1.54, 1.807) is 12.1 Å². The van der Waals surface area contributed by atoms with Gasteiger partial charge in [-0.1, -0.05) is 60.7 Å². The second kappa shape index (κ2) is 5.75. The first-order valence-electron chi connectivity index (χ1n) is 6.84. The summed E-state index contributed by atoms with van der Waals surface area (Å²) < 4.78 is 5.35. The van der Waals surface area contributed by atoms with Crippen molar-refractivity contribution in [2.45, 2.75) is 12.8 Å². The molecule has 21 heavy (non-hydrogen) atoms. The van der Waals surface area contributed by atoms with Crippen molar-refractivity contribution in [2.24, 2.45) is 0 Å². The zero-order valence-corrected chi connectivity index (χ0v) is 11.4. The summed E-state index contributed by atoms with van der Waals surface area (Å²) in [5.74, 6) is 0.0149. The number of rotatable bonds is 3. The maximum Gasteiger partial charge on any atom is 0.311 e. The highest BCUT2D eigenvalue weighted by atomic mass is 16.5. The lowest BCUT2D eigenvalue weighted by molar-refractivity contribution is -0.137. The number of Topliss-reactive ketones (excluding diaryl/α,β-unsaturated/α-hetero) is 1. The Labute approximate surface area is 122 Å². The van der Waals surface area contributed by atoms with Gasteiger partial charge in [0.2, 0.25) is 0 Å². The fourth-order valence-corrected chi connectivity index (χ4v) is 2.37. The molecule has 0 amide bonds. The van der Waals surface area contributed by atoms with Crippen LogP contribution in [0.5, 0.6) is 0 Å². The Morgan fingerprint density at radius 3 is 2.14 bits per heavy atom. The molecule has 104 valence electrons. The molecule has 1 heterocycles.